The third-order valence-corrected chi connectivity index (χ3v) is 4.13. The monoisotopic (exact) mass is 393 g/mol. The van der Waals surface area contributed by atoms with Gasteiger partial charge in [0, 0.05) is 17.7 Å². The molecule has 0 atom stereocenters. The molecule has 0 saturated carbocycles. The number of nitrogens with one attached hydrogen (secondary N) is 1. The Hall–Kier alpha value is -3.94. The first-order valence-corrected chi connectivity index (χ1v) is 8.79. The Morgan fingerprint density at radius 1 is 1.14 bits per heavy atom. The molecule has 0 unspecified atom stereocenters. The molecule has 3 aromatic rings. The molecule has 8 nitrogen and oxygen atoms in total. The molecule has 0 aliphatic rings. The number of amides is 1. The van der Waals surface area contributed by atoms with E-state index in [2.05, 4.69) is 10.5 Å². The van der Waals surface area contributed by atoms with Gasteiger partial charge in [-0.05, 0) is 49.2 Å². The van der Waals surface area contributed by atoms with Crippen LogP contribution in [0.1, 0.15) is 16.9 Å². The summed E-state index contributed by atoms with van der Waals surface area (Å²) in [7, 11) is 0. The van der Waals surface area contributed by atoms with Crippen molar-refractivity contribution in [2.45, 2.75) is 13.8 Å². The van der Waals surface area contributed by atoms with Gasteiger partial charge in [0.05, 0.1) is 11.1 Å². The number of nitrogens with zero attached hydrogens (tertiary/aromatic N) is 2. The lowest BCUT2D eigenvalue weighted by molar-refractivity contribution is -0.384. The van der Waals surface area contributed by atoms with Crippen LogP contribution in [0.2, 0.25) is 0 Å². The molecular weight excluding hydrogens is 374 g/mol. The second-order valence-electron chi connectivity index (χ2n) is 6.31. The van der Waals surface area contributed by atoms with Crippen LogP contribution < -0.4 is 10.2 Å². The van der Waals surface area contributed by atoms with Crippen LogP contribution in [0.4, 0.5) is 5.69 Å². The highest BCUT2D eigenvalue weighted by molar-refractivity contribution is 5.81. The Bertz CT molecular complexity index is 1030. The van der Waals surface area contributed by atoms with Crippen LogP contribution >= 0.6 is 0 Å². The second kappa shape index (κ2) is 8.83. The van der Waals surface area contributed by atoms with Crippen LogP contribution in [-0.2, 0) is 4.79 Å². The highest BCUT2D eigenvalue weighted by Gasteiger charge is 2.09. The lowest BCUT2D eigenvalue weighted by Crippen LogP contribution is -2.24. The van der Waals surface area contributed by atoms with E-state index in [0.717, 1.165) is 11.1 Å². The number of hydrogen-bond donors (Lipinski definition) is 1. The van der Waals surface area contributed by atoms with Crippen molar-refractivity contribution in [2.24, 2.45) is 5.10 Å². The maximum atomic E-state index is 11.9. The number of nitro benzene ring substituents is 1. The van der Waals surface area contributed by atoms with E-state index < -0.39 is 10.8 Å². The second-order valence-corrected chi connectivity index (χ2v) is 6.31. The minimum absolute atomic E-state index is 0.00733. The summed E-state index contributed by atoms with van der Waals surface area (Å²) in [6, 6.07) is 15.2. The van der Waals surface area contributed by atoms with Crippen LogP contribution in [0, 0.1) is 24.0 Å². The summed E-state index contributed by atoms with van der Waals surface area (Å²) in [4.78, 5) is 22.2. The average molecular weight is 393 g/mol. The number of carbonyl (C=O) groups is 1. The molecule has 0 fully saturated rings. The molecule has 8 heteroatoms. The van der Waals surface area contributed by atoms with E-state index in [-0.39, 0.29) is 12.3 Å². The number of aryl methyl sites for hydroxylation is 2. The van der Waals surface area contributed by atoms with Gasteiger partial charge in [-0.25, -0.2) is 5.43 Å². The number of ether oxygens (including phenoxy) is 1. The molecule has 148 valence electrons. The first-order valence-electron chi connectivity index (χ1n) is 8.79. The lowest BCUT2D eigenvalue weighted by atomic mass is 10.1. The quantitative estimate of drug-likeness (QED) is 0.371. The van der Waals surface area contributed by atoms with Crippen LogP contribution in [-0.4, -0.2) is 23.7 Å². The highest BCUT2D eigenvalue weighted by atomic mass is 16.6. The Morgan fingerprint density at radius 3 is 2.48 bits per heavy atom. The number of para-hydroxylation sites is 1. The molecule has 3 rings (SSSR count). The molecule has 1 heterocycles. The molecule has 0 saturated heterocycles. The summed E-state index contributed by atoms with van der Waals surface area (Å²) in [6.45, 7) is 3.67. The van der Waals surface area contributed by atoms with Gasteiger partial charge in [0.25, 0.3) is 11.6 Å². The zero-order chi connectivity index (χ0) is 20.8. The van der Waals surface area contributed by atoms with Gasteiger partial charge in [-0.15, -0.1) is 0 Å². The van der Waals surface area contributed by atoms with Crippen LogP contribution in [0.3, 0.4) is 0 Å². The minimum atomic E-state index is -0.461. The maximum absolute atomic E-state index is 11.9. The van der Waals surface area contributed by atoms with E-state index in [4.69, 9.17) is 9.15 Å². The molecule has 1 amide bonds. The molecule has 0 spiro atoms. The standard InChI is InChI=1S/C21H19N3O5/c1-14-4-3-5-15(2)21(14)28-13-20(25)23-22-12-18-10-11-19(29-18)16-6-8-17(9-7-16)24(26)27/h3-12H,13H2,1-2H3,(H,23,25). The van der Waals surface area contributed by atoms with Gasteiger partial charge in [-0.1, -0.05) is 18.2 Å². The normalized spacial score (nSPS) is 10.8. The van der Waals surface area contributed by atoms with Gasteiger partial charge in [-0.2, -0.15) is 5.10 Å². The molecular formula is C21H19N3O5. The van der Waals surface area contributed by atoms with Crippen molar-refractivity contribution < 1.29 is 18.9 Å². The number of nitro groups is 1. The number of rotatable bonds is 7. The minimum Gasteiger partial charge on any atom is -0.483 e. The molecule has 1 N–H and O–H groups in total. The van der Waals surface area contributed by atoms with E-state index in [1.54, 1.807) is 24.3 Å². The van der Waals surface area contributed by atoms with Gasteiger partial charge in [0.2, 0.25) is 0 Å². The summed E-state index contributed by atoms with van der Waals surface area (Å²) < 4.78 is 11.2. The number of hydrazone groups is 1. The van der Waals surface area contributed by atoms with Crippen molar-refractivity contribution in [1.82, 2.24) is 5.43 Å². The Balaban J connectivity index is 1.54. The van der Waals surface area contributed by atoms with Gasteiger partial charge in [-0.3, -0.25) is 14.9 Å². The molecule has 0 aliphatic heterocycles. The predicted molar refractivity (Wildman–Crippen MR) is 108 cm³/mol. The third kappa shape index (κ3) is 5.07. The van der Waals surface area contributed by atoms with Crippen molar-refractivity contribution in [3.8, 4) is 17.1 Å². The van der Waals surface area contributed by atoms with Crippen LogP contribution in [0.25, 0.3) is 11.3 Å². The summed E-state index contributed by atoms with van der Waals surface area (Å²) in [5, 5.41) is 14.6. The third-order valence-electron chi connectivity index (χ3n) is 4.13. The number of hydrogen-bond acceptors (Lipinski definition) is 6. The number of furan rings is 1. The molecule has 0 radical (unpaired) electrons. The first-order chi connectivity index (χ1) is 13.9. The lowest BCUT2D eigenvalue weighted by Gasteiger charge is -2.10. The van der Waals surface area contributed by atoms with Gasteiger partial charge in [0.1, 0.15) is 17.3 Å². The fraction of sp³-hybridized carbons (Fsp3) is 0.143. The first kappa shape index (κ1) is 19.8. The summed E-state index contributed by atoms with van der Waals surface area (Å²) in [5.41, 5.74) is 4.99. The Morgan fingerprint density at radius 2 is 1.83 bits per heavy atom. The summed E-state index contributed by atoms with van der Waals surface area (Å²) in [5.74, 6) is 1.25. The highest BCUT2D eigenvalue weighted by Crippen LogP contribution is 2.24. The Labute approximate surface area is 167 Å². The van der Waals surface area contributed by atoms with Gasteiger partial charge >= 0.3 is 0 Å². The van der Waals surface area contributed by atoms with Crippen molar-refractivity contribution in [3.63, 3.8) is 0 Å². The topological polar surface area (TPSA) is 107 Å². The predicted octanol–water partition coefficient (Wildman–Crippen LogP) is 4.00. The van der Waals surface area contributed by atoms with E-state index in [0.29, 0.717) is 22.8 Å². The fourth-order valence-corrected chi connectivity index (χ4v) is 2.69. The number of carbonyl (C=O) groups excluding carboxylic acids is 1. The zero-order valence-electron chi connectivity index (χ0n) is 15.9. The fourth-order valence-electron chi connectivity index (χ4n) is 2.69. The van der Waals surface area contributed by atoms with Gasteiger partial charge < -0.3 is 9.15 Å². The van der Waals surface area contributed by atoms with E-state index in [9.17, 15) is 14.9 Å². The SMILES string of the molecule is Cc1cccc(C)c1OCC(=O)NN=Cc1ccc(-c2ccc([N+](=O)[O-])cc2)o1. The molecule has 1 aromatic heterocycles. The number of benzene rings is 2. The van der Waals surface area contributed by atoms with Crippen molar-refractivity contribution in [2.75, 3.05) is 6.61 Å². The maximum Gasteiger partial charge on any atom is 0.277 e. The molecule has 29 heavy (non-hydrogen) atoms. The van der Waals surface area contributed by atoms with E-state index in [1.807, 2.05) is 32.0 Å². The largest absolute Gasteiger partial charge is 0.483 e. The smallest absolute Gasteiger partial charge is 0.277 e. The summed E-state index contributed by atoms with van der Waals surface area (Å²) in [6.07, 6.45) is 1.37. The number of non-ortho nitro benzene ring substituents is 1. The summed E-state index contributed by atoms with van der Waals surface area (Å²) >= 11 is 0. The van der Waals surface area contributed by atoms with Gasteiger partial charge in [0.15, 0.2) is 6.61 Å². The van der Waals surface area contributed by atoms with Crippen LogP contribution in [0.15, 0.2) is 64.1 Å². The molecule has 2 aromatic carbocycles. The van der Waals surface area contributed by atoms with Crippen molar-refractivity contribution in [1.29, 1.82) is 0 Å². The molecule has 0 aliphatic carbocycles. The van der Waals surface area contributed by atoms with Crippen LogP contribution in [0.5, 0.6) is 5.75 Å². The average Bonchev–Trinajstić information content (AvgIpc) is 3.16. The van der Waals surface area contributed by atoms with Crippen molar-refractivity contribution in [3.05, 3.63) is 81.6 Å². The van der Waals surface area contributed by atoms with E-state index in [1.165, 1.54) is 18.3 Å². The van der Waals surface area contributed by atoms with Crippen molar-refractivity contribution >= 4 is 17.8 Å². The molecule has 0 bridgehead atoms. The Kier molecular flexibility index (Phi) is 6.03. The zero-order valence-corrected chi connectivity index (χ0v) is 15.9. The van der Waals surface area contributed by atoms with E-state index >= 15 is 0 Å².